The molecule has 2 heterocycles. The quantitative estimate of drug-likeness (QED) is 0.172. The fourth-order valence-electron chi connectivity index (χ4n) is 7.57. The summed E-state index contributed by atoms with van der Waals surface area (Å²) in [5.41, 5.74) is 11.6. The van der Waals surface area contributed by atoms with E-state index in [0.29, 0.717) is 11.4 Å². The van der Waals surface area contributed by atoms with Crippen LogP contribution in [0.3, 0.4) is 0 Å². The van der Waals surface area contributed by atoms with Gasteiger partial charge in [0, 0.05) is 34.5 Å². The standard InChI is InChI=1S/C48H49BN2O/c1-46(2,3)32-20-24-37(25-21-32)51-41-26-22-33(47(4,5)6)28-39(41)49-40-29-34(48(7,8)9)23-27-43(40)52-44-31-38(30-42(51)45(44)49)50(35-16-12-10-13-17-35)36-18-14-11-15-19-36/h10-31H,1-9H3/i30D,31D. The third-order valence-electron chi connectivity index (χ3n) is 10.6. The average molecular weight is 683 g/mol. The topological polar surface area (TPSA) is 15.7 Å². The molecule has 8 rings (SSSR count). The van der Waals surface area contributed by atoms with Gasteiger partial charge in [-0.15, -0.1) is 0 Å². The number of hydrogen-bond acceptors (Lipinski definition) is 3. The zero-order valence-corrected chi connectivity index (χ0v) is 31.9. The zero-order chi connectivity index (χ0) is 38.3. The molecule has 0 bridgehead atoms. The summed E-state index contributed by atoms with van der Waals surface area (Å²) in [5.74, 6) is 1.25. The maximum Gasteiger partial charge on any atom is 0.256 e. The van der Waals surface area contributed by atoms with E-state index in [9.17, 15) is 2.74 Å². The van der Waals surface area contributed by atoms with Crippen LogP contribution in [0.5, 0.6) is 11.5 Å². The van der Waals surface area contributed by atoms with E-state index in [4.69, 9.17) is 4.74 Å². The molecule has 0 fully saturated rings. The lowest BCUT2D eigenvalue weighted by atomic mass is 9.33. The van der Waals surface area contributed by atoms with Crippen molar-refractivity contribution in [2.24, 2.45) is 0 Å². The molecule has 0 spiro atoms. The minimum Gasteiger partial charge on any atom is -0.458 e. The average Bonchev–Trinajstić information content (AvgIpc) is 3.14. The van der Waals surface area contributed by atoms with Gasteiger partial charge in [0.2, 0.25) is 0 Å². The highest BCUT2D eigenvalue weighted by Crippen LogP contribution is 2.46. The fourth-order valence-corrected chi connectivity index (χ4v) is 7.57. The number of rotatable bonds is 4. The lowest BCUT2D eigenvalue weighted by Gasteiger charge is -2.42. The fraction of sp³-hybridized carbons (Fsp3) is 0.250. The molecule has 0 aliphatic carbocycles. The SMILES string of the molecule is [2H]c1c2c3c(c([2H])c1N(c1ccccc1)c1ccccc1)N(c1ccc(C(C)(C)C)cc1)c1ccc(C(C)(C)C)cc1B3c1cc(C(C)(C)C)ccc1O2. The molecule has 0 saturated carbocycles. The van der Waals surface area contributed by atoms with Crippen molar-refractivity contribution >= 4 is 57.2 Å². The predicted octanol–water partition coefficient (Wildman–Crippen LogP) is 11.5. The van der Waals surface area contributed by atoms with E-state index >= 15 is 0 Å². The van der Waals surface area contributed by atoms with Crippen molar-refractivity contribution in [2.45, 2.75) is 78.6 Å². The highest BCUT2D eigenvalue weighted by molar-refractivity contribution is 6.99. The second kappa shape index (κ2) is 12.2. The number of fused-ring (bicyclic) bond motifs is 4. The summed E-state index contributed by atoms with van der Waals surface area (Å²) in [6.45, 7) is 20.0. The molecule has 2 aliphatic heterocycles. The summed E-state index contributed by atoms with van der Waals surface area (Å²) in [6, 6.07) is 42.8. The van der Waals surface area contributed by atoms with Crippen LogP contribution in [-0.4, -0.2) is 6.71 Å². The maximum atomic E-state index is 10.4. The van der Waals surface area contributed by atoms with Crippen LogP contribution in [0.25, 0.3) is 0 Å². The first kappa shape index (κ1) is 31.5. The molecule has 0 radical (unpaired) electrons. The Labute approximate surface area is 313 Å². The van der Waals surface area contributed by atoms with Crippen LogP contribution in [0.2, 0.25) is 0 Å². The van der Waals surface area contributed by atoms with E-state index in [1.807, 2.05) is 65.6 Å². The van der Waals surface area contributed by atoms with E-state index in [1.54, 1.807) is 0 Å². The van der Waals surface area contributed by atoms with Crippen molar-refractivity contribution in [3.8, 4) is 11.5 Å². The molecule has 0 atom stereocenters. The first-order valence-corrected chi connectivity index (χ1v) is 18.5. The van der Waals surface area contributed by atoms with Gasteiger partial charge in [-0.25, -0.2) is 0 Å². The minimum atomic E-state index is -0.243. The third-order valence-corrected chi connectivity index (χ3v) is 10.6. The molecule has 0 aromatic heterocycles. The van der Waals surface area contributed by atoms with Crippen LogP contribution in [0, 0.1) is 0 Å². The van der Waals surface area contributed by atoms with Gasteiger partial charge in [0.25, 0.3) is 6.71 Å². The second-order valence-electron chi connectivity index (χ2n) is 17.4. The van der Waals surface area contributed by atoms with E-state index in [2.05, 4.69) is 128 Å². The molecule has 0 N–H and O–H groups in total. The number of para-hydroxylation sites is 2. The molecule has 260 valence electrons. The Bertz CT molecular complexity index is 2350. The molecule has 0 saturated heterocycles. The van der Waals surface area contributed by atoms with E-state index in [-0.39, 0.29) is 35.0 Å². The van der Waals surface area contributed by atoms with Crippen molar-refractivity contribution in [3.05, 3.63) is 150 Å². The minimum absolute atomic E-state index is 0.0149. The molecule has 0 amide bonds. The Morgan fingerprint density at radius 2 is 1.04 bits per heavy atom. The van der Waals surface area contributed by atoms with Crippen molar-refractivity contribution in [3.63, 3.8) is 0 Å². The van der Waals surface area contributed by atoms with Crippen LogP contribution in [0.1, 0.15) is 81.7 Å². The van der Waals surface area contributed by atoms with E-state index < -0.39 is 0 Å². The first-order chi connectivity index (χ1) is 25.5. The predicted molar refractivity (Wildman–Crippen MR) is 223 cm³/mol. The molecule has 6 aromatic carbocycles. The van der Waals surface area contributed by atoms with Crippen LogP contribution < -0.4 is 30.9 Å². The maximum absolute atomic E-state index is 10.4. The van der Waals surface area contributed by atoms with Gasteiger partial charge in [0.05, 0.1) is 8.43 Å². The van der Waals surface area contributed by atoms with E-state index in [1.165, 1.54) is 16.7 Å². The Morgan fingerprint density at radius 3 is 1.60 bits per heavy atom. The molecule has 4 heteroatoms. The Kier molecular flexibility index (Phi) is 7.39. The van der Waals surface area contributed by atoms with Crippen LogP contribution in [0.4, 0.5) is 34.1 Å². The first-order valence-electron chi connectivity index (χ1n) is 19.5. The summed E-state index contributed by atoms with van der Waals surface area (Å²) < 4.78 is 27.4. The van der Waals surface area contributed by atoms with Gasteiger partial charge in [-0.05, 0) is 104 Å². The lowest BCUT2D eigenvalue weighted by Crippen LogP contribution is -2.60. The number of nitrogens with zero attached hydrogens (tertiary/aromatic N) is 2. The van der Waals surface area contributed by atoms with Gasteiger partial charge in [0.15, 0.2) is 0 Å². The third kappa shape index (κ3) is 5.89. The smallest absolute Gasteiger partial charge is 0.256 e. The van der Waals surface area contributed by atoms with Crippen molar-refractivity contribution in [1.82, 2.24) is 0 Å². The Balaban J connectivity index is 1.50. The van der Waals surface area contributed by atoms with Gasteiger partial charge in [-0.3, -0.25) is 0 Å². The summed E-state index contributed by atoms with van der Waals surface area (Å²) >= 11 is 0. The van der Waals surface area contributed by atoms with Gasteiger partial charge >= 0.3 is 0 Å². The lowest BCUT2D eigenvalue weighted by molar-refractivity contribution is 0.486. The van der Waals surface area contributed by atoms with Gasteiger partial charge in [-0.2, -0.15) is 0 Å². The van der Waals surface area contributed by atoms with Gasteiger partial charge < -0.3 is 14.5 Å². The number of anilines is 6. The van der Waals surface area contributed by atoms with Crippen molar-refractivity contribution in [2.75, 3.05) is 9.80 Å². The monoisotopic (exact) mass is 682 g/mol. The summed E-state index contributed by atoms with van der Waals surface area (Å²) in [6.07, 6.45) is 0. The van der Waals surface area contributed by atoms with Gasteiger partial charge in [-0.1, -0.05) is 135 Å². The van der Waals surface area contributed by atoms with Crippen LogP contribution >= 0.6 is 0 Å². The molecule has 6 aromatic rings. The largest absolute Gasteiger partial charge is 0.458 e. The van der Waals surface area contributed by atoms with Crippen LogP contribution in [-0.2, 0) is 16.2 Å². The summed E-state index contributed by atoms with van der Waals surface area (Å²) in [4.78, 5) is 4.29. The molecule has 3 nitrogen and oxygen atoms in total. The number of hydrogen-bond donors (Lipinski definition) is 0. The highest BCUT2D eigenvalue weighted by atomic mass is 16.5. The van der Waals surface area contributed by atoms with E-state index in [0.717, 1.165) is 50.6 Å². The zero-order valence-electron chi connectivity index (χ0n) is 33.9. The molecule has 0 unspecified atom stereocenters. The van der Waals surface area contributed by atoms with Gasteiger partial charge in [0.1, 0.15) is 11.5 Å². The number of ether oxygens (including phenoxy) is 1. The molecule has 52 heavy (non-hydrogen) atoms. The normalized spacial score (nSPS) is 14.1. The second-order valence-corrected chi connectivity index (χ2v) is 17.4. The summed E-state index contributed by atoms with van der Waals surface area (Å²) in [7, 11) is 0. The molecular weight excluding hydrogens is 631 g/mol. The van der Waals surface area contributed by atoms with Crippen molar-refractivity contribution < 1.29 is 7.48 Å². The molecule has 2 aliphatic rings. The van der Waals surface area contributed by atoms with Crippen molar-refractivity contribution in [1.29, 1.82) is 0 Å². The highest BCUT2D eigenvalue weighted by Gasteiger charge is 2.43. The Hall–Kier alpha value is -5.22. The number of benzene rings is 6. The summed E-state index contributed by atoms with van der Waals surface area (Å²) in [5, 5.41) is 0. The molecular formula is C48H49BN2O. The Morgan fingerprint density at radius 1 is 0.519 bits per heavy atom. The van der Waals surface area contributed by atoms with Crippen LogP contribution in [0.15, 0.2) is 133 Å².